The van der Waals surface area contributed by atoms with Gasteiger partial charge in [0.15, 0.2) is 0 Å². The Bertz CT molecular complexity index is 778. The lowest BCUT2D eigenvalue weighted by atomic mass is 10.3. The van der Waals surface area contributed by atoms with E-state index in [1.54, 1.807) is 12.4 Å². The zero-order valence-electron chi connectivity index (χ0n) is 11.1. The normalized spacial score (nSPS) is 10.6. The zero-order chi connectivity index (χ0) is 14.8. The predicted molar refractivity (Wildman–Crippen MR) is 86.1 cm³/mol. The Balaban J connectivity index is 1.78. The second-order valence-corrected chi connectivity index (χ2v) is 6.07. The van der Waals surface area contributed by atoms with Crippen LogP contribution in [0.2, 0.25) is 0 Å². The molecule has 0 fully saturated rings. The van der Waals surface area contributed by atoms with Crippen molar-refractivity contribution >= 4 is 38.9 Å². The van der Waals surface area contributed by atoms with Crippen molar-refractivity contribution in [2.24, 2.45) is 0 Å². The van der Waals surface area contributed by atoms with Crippen LogP contribution in [0.15, 0.2) is 46.6 Å². The topological polar surface area (TPSA) is 59.8 Å². The number of nitrogens with one attached hydrogen (secondary N) is 1. The first-order valence-electron chi connectivity index (χ1n) is 6.16. The van der Waals surface area contributed by atoms with Crippen molar-refractivity contribution < 1.29 is 4.79 Å². The average Bonchev–Trinajstić information content (AvgIpc) is 3.08. The lowest BCUT2D eigenvalue weighted by Crippen LogP contribution is -2.11. The van der Waals surface area contributed by atoms with Crippen LogP contribution in [-0.2, 0) is 0 Å². The number of rotatable bonds is 3. The van der Waals surface area contributed by atoms with Crippen molar-refractivity contribution in [2.45, 2.75) is 6.92 Å². The highest BCUT2D eigenvalue weighted by Gasteiger charge is 2.12. The number of carbonyl (C=O) groups is 1. The summed E-state index contributed by atoms with van der Waals surface area (Å²) < 4.78 is 2.67. The third-order valence-electron chi connectivity index (χ3n) is 2.90. The number of nitrogens with zero attached hydrogens (tertiary/aromatic N) is 3. The van der Waals surface area contributed by atoms with Crippen molar-refractivity contribution in [1.82, 2.24) is 14.5 Å². The highest BCUT2D eigenvalue weighted by Crippen LogP contribution is 2.23. The van der Waals surface area contributed by atoms with E-state index >= 15 is 0 Å². The van der Waals surface area contributed by atoms with Gasteiger partial charge in [-0.25, -0.2) is 9.97 Å². The number of pyridine rings is 1. The largest absolute Gasteiger partial charge is 0.320 e. The number of amides is 1. The molecule has 0 spiro atoms. The van der Waals surface area contributed by atoms with Crippen molar-refractivity contribution in [3.63, 3.8) is 0 Å². The number of hydrogen-bond acceptors (Lipinski definition) is 4. The van der Waals surface area contributed by atoms with Crippen LogP contribution in [0.25, 0.3) is 5.82 Å². The summed E-state index contributed by atoms with van der Waals surface area (Å²) in [5.74, 6) is 1.48. The summed E-state index contributed by atoms with van der Waals surface area (Å²) in [6.45, 7) is 1.91. The van der Waals surface area contributed by atoms with E-state index in [1.807, 2.05) is 41.3 Å². The summed E-state index contributed by atoms with van der Waals surface area (Å²) in [7, 11) is 0. The van der Waals surface area contributed by atoms with Gasteiger partial charge >= 0.3 is 0 Å². The highest BCUT2D eigenvalue weighted by atomic mass is 79.9. The molecule has 7 heteroatoms. The molecule has 106 valence electrons. The highest BCUT2D eigenvalue weighted by molar-refractivity contribution is 9.10. The van der Waals surface area contributed by atoms with Crippen LogP contribution in [0.1, 0.15) is 15.5 Å². The van der Waals surface area contributed by atoms with Crippen LogP contribution in [0.5, 0.6) is 0 Å². The maximum absolute atomic E-state index is 12.1. The number of aryl methyl sites for hydroxylation is 1. The predicted octanol–water partition coefficient (Wildman–Crippen LogP) is 3.65. The third-order valence-corrected chi connectivity index (χ3v) is 4.74. The molecule has 3 rings (SSSR count). The van der Waals surface area contributed by atoms with Gasteiger partial charge in [0.1, 0.15) is 16.5 Å². The van der Waals surface area contributed by atoms with E-state index in [4.69, 9.17) is 0 Å². The minimum absolute atomic E-state index is 0.148. The molecule has 0 bridgehead atoms. The summed E-state index contributed by atoms with van der Waals surface area (Å²) in [6, 6.07) is 5.51. The van der Waals surface area contributed by atoms with Crippen LogP contribution < -0.4 is 5.32 Å². The molecular formula is C14H11BrN4OS. The average molecular weight is 363 g/mol. The summed E-state index contributed by atoms with van der Waals surface area (Å²) in [4.78, 5) is 21.2. The molecule has 5 nitrogen and oxygen atoms in total. The molecule has 0 saturated carbocycles. The second-order valence-electron chi connectivity index (χ2n) is 4.30. The smallest absolute Gasteiger partial charge is 0.266 e. The van der Waals surface area contributed by atoms with Crippen molar-refractivity contribution in [2.75, 3.05) is 5.32 Å². The zero-order valence-corrected chi connectivity index (χ0v) is 13.5. The molecule has 0 aromatic carbocycles. The van der Waals surface area contributed by atoms with Crippen LogP contribution in [-0.4, -0.2) is 20.4 Å². The Labute approximate surface area is 133 Å². The molecule has 0 unspecified atom stereocenters. The first-order valence-corrected chi connectivity index (χ1v) is 7.83. The summed E-state index contributed by atoms with van der Waals surface area (Å²) in [6.07, 6.45) is 5.20. The van der Waals surface area contributed by atoms with Crippen molar-refractivity contribution in [3.05, 3.63) is 57.3 Å². The minimum Gasteiger partial charge on any atom is -0.320 e. The van der Waals surface area contributed by atoms with E-state index < -0.39 is 0 Å². The van der Waals surface area contributed by atoms with Gasteiger partial charge in [-0.3, -0.25) is 9.36 Å². The molecule has 3 heterocycles. The van der Waals surface area contributed by atoms with Crippen LogP contribution in [0.3, 0.4) is 0 Å². The fourth-order valence-electron chi connectivity index (χ4n) is 1.87. The van der Waals surface area contributed by atoms with Crippen molar-refractivity contribution in [3.8, 4) is 5.82 Å². The molecule has 0 atom stereocenters. The number of anilines is 1. The van der Waals surface area contributed by atoms with Gasteiger partial charge < -0.3 is 5.32 Å². The monoisotopic (exact) mass is 362 g/mol. The maximum Gasteiger partial charge on any atom is 0.266 e. The third kappa shape index (κ3) is 2.88. The Kier molecular flexibility index (Phi) is 3.85. The number of carbonyl (C=O) groups excluding carboxylic acids is 1. The number of thiophene rings is 1. The summed E-state index contributed by atoms with van der Waals surface area (Å²) >= 11 is 4.74. The number of hydrogen-bond donors (Lipinski definition) is 1. The molecule has 3 aromatic heterocycles. The minimum atomic E-state index is -0.148. The molecule has 0 aliphatic heterocycles. The number of imidazole rings is 1. The van der Waals surface area contributed by atoms with Crippen LogP contribution in [0, 0.1) is 6.92 Å². The van der Waals surface area contributed by atoms with Gasteiger partial charge in [-0.15, -0.1) is 11.3 Å². The molecular weight excluding hydrogens is 352 g/mol. The molecule has 0 radical (unpaired) electrons. The summed E-state index contributed by atoms with van der Waals surface area (Å²) in [5.41, 5.74) is 0.654. The van der Waals surface area contributed by atoms with E-state index in [1.165, 1.54) is 11.3 Å². The Morgan fingerprint density at radius 2 is 2.19 bits per heavy atom. The van der Waals surface area contributed by atoms with Gasteiger partial charge in [-0.05, 0) is 46.4 Å². The van der Waals surface area contributed by atoms with Crippen LogP contribution in [0.4, 0.5) is 5.69 Å². The van der Waals surface area contributed by atoms with E-state index in [9.17, 15) is 4.79 Å². The van der Waals surface area contributed by atoms with E-state index in [2.05, 4.69) is 31.2 Å². The lowest BCUT2D eigenvalue weighted by Gasteiger charge is -2.07. The molecule has 3 aromatic rings. The van der Waals surface area contributed by atoms with Gasteiger partial charge in [0.25, 0.3) is 5.91 Å². The lowest BCUT2D eigenvalue weighted by molar-refractivity contribution is 0.103. The SMILES string of the molecule is Cc1nccn1-c1ccc(NC(=O)c2sccc2Br)cn1. The number of aromatic nitrogens is 3. The Hall–Kier alpha value is -1.99. The maximum atomic E-state index is 12.1. The first-order chi connectivity index (χ1) is 10.1. The summed E-state index contributed by atoms with van der Waals surface area (Å²) in [5, 5.41) is 4.69. The molecule has 1 amide bonds. The molecule has 21 heavy (non-hydrogen) atoms. The molecule has 0 aliphatic rings. The van der Waals surface area contributed by atoms with Crippen molar-refractivity contribution in [1.29, 1.82) is 0 Å². The van der Waals surface area contributed by atoms with Gasteiger partial charge in [-0.1, -0.05) is 0 Å². The van der Waals surface area contributed by atoms with E-state index in [-0.39, 0.29) is 5.91 Å². The van der Waals surface area contributed by atoms with Gasteiger partial charge in [0.05, 0.1) is 11.9 Å². The second kappa shape index (κ2) is 5.79. The van der Waals surface area contributed by atoms with Gasteiger partial charge in [0.2, 0.25) is 0 Å². The van der Waals surface area contributed by atoms with Gasteiger partial charge in [0, 0.05) is 16.9 Å². The van der Waals surface area contributed by atoms with E-state index in [0.29, 0.717) is 10.6 Å². The fraction of sp³-hybridized carbons (Fsp3) is 0.0714. The standard InChI is InChI=1S/C14H11BrN4OS/c1-9-16-5-6-19(9)12-3-2-10(8-17-12)18-14(20)13-11(15)4-7-21-13/h2-8H,1H3,(H,18,20). The quantitative estimate of drug-likeness (QED) is 0.773. The first kappa shape index (κ1) is 14.0. The molecule has 1 N–H and O–H groups in total. The van der Waals surface area contributed by atoms with E-state index in [0.717, 1.165) is 16.1 Å². The number of halogens is 1. The molecule has 0 saturated heterocycles. The Morgan fingerprint density at radius 3 is 2.76 bits per heavy atom. The van der Waals surface area contributed by atoms with Gasteiger partial charge in [-0.2, -0.15) is 0 Å². The van der Waals surface area contributed by atoms with Crippen LogP contribution >= 0.6 is 27.3 Å². The Morgan fingerprint density at radius 1 is 1.33 bits per heavy atom. The molecule has 0 aliphatic carbocycles. The fourth-order valence-corrected chi connectivity index (χ4v) is 3.31.